The molecule has 13 heavy (non-hydrogen) atoms. The van der Waals surface area contributed by atoms with Crippen LogP contribution in [-0.2, 0) is 11.3 Å². The zero-order chi connectivity index (χ0) is 9.84. The minimum Gasteiger partial charge on any atom is -0.304 e. The maximum Gasteiger partial charge on any atom is 0.143 e. The van der Waals surface area contributed by atoms with Gasteiger partial charge in [0.1, 0.15) is 11.6 Å². The topological polar surface area (TPSA) is 35.2 Å². The van der Waals surface area contributed by atoms with E-state index in [4.69, 9.17) is 5.90 Å². The van der Waals surface area contributed by atoms with Crippen molar-refractivity contribution in [3.8, 4) is 0 Å². The zero-order valence-electron chi connectivity index (χ0n) is 6.69. The number of hydrogen-bond donors (Lipinski definition) is 1. The fraction of sp³-hybridized carbons (Fsp3) is 0.250. The smallest absolute Gasteiger partial charge is 0.143 e. The van der Waals surface area contributed by atoms with Crippen LogP contribution in [0.2, 0.25) is 0 Å². The Morgan fingerprint density at radius 2 is 2.08 bits per heavy atom. The minimum atomic E-state index is -0.600. The first-order valence-corrected chi connectivity index (χ1v) is 4.40. The summed E-state index contributed by atoms with van der Waals surface area (Å²) in [6.45, 7) is 0.0876. The van der Waals surface area contributed by atoms with E-state index in [0.29, 0.717) is 0 Å². The molecule has 0 unspecified atom stereocenters. The average molecular weight is 252 g/mol. The van der Waals surface area contributed by atoms with Crippen molar-refractivity contribution < 1.29 is 13.6 Å². The third-order valence-electron chi connectivity index (χ3n) is 1.61. The van der Waals surface area contributed by atoms with Crippen molar-refractivity contribution in [2.24, 2.45) is 5.90 Å². The molecule has 0 aliphatic heterocycles. The Hall–Kier alpha value is -0.520. The minimum absolute atomic E-state index is 0.0141. The van der Waals surface area contributed by atoms with E-state index < -0.39 is 11.6 Å². The van der Waals surface area contributed by atoms with Crippen LogP contribution in [0.15, 0.2) is 16.6 Å². The summed E-state index contributed by atoms with van der Waals surface area (Å²) in [5.74, 6) is 3.57. The molecule has 5 heteroatoms. The number of benzene rings is 1. The van der Waals surface area contributed by atoms with Gasteiger partial charge in [-0.25, -0.2) is 14.7 Å². The second-order valence-corrected chi connectivity index (χ2v) is 3.30. The molecule has 1 aromatic carbocycles. The van der Waals surface area contributed by atoms with Gasteiger partial charge in [-0.1, -0.05) is 0 Å². The van der Waals surface area contributed by atoms with E-state index in [2.05, 4.69) is 20.8 Å². The predicted octanol–water partition coefficient (Wildman–Crippen LogP) is 2.16. The van der Waals surface area contributed by atoms with Gasteiger partial charge in [0.25, 0.3) is 0 Å². The molecular formula is C8H8BrF2NO. The van der Waals surface area contributed by atoms with E-state index in [1.54, 1.807) is 0 Å². The van der Waals surface area contributed by atoms with Crippen LogP contribution in [-0.4, -0.2) is 6.61 Å². The van der Waals surface area contributed by atoms with Crippen LogP contribution in [0.3, 0.4) is 0 Å². The predicted molar refractivity (Wildman–Crippen MR) is 47.9 cm³/mol. The summed E-state index contributed by atoms with van der Waals surface area (Å²) in [6, 6.07) is 2.51. The Morgan fingerprint density at radius 1 is 1.38 bits per heavy atom. The summed E-state index contributed by atoms with van der Waals surface area (Å²) < 4.78 is 26.4. The average Bonchev–Trinajstić information content (AvgIpc) is 2.12. The maximum absolute atomic E-state index is 13.2. The van der Waals surface area contributed by atoms with Crippen molar-refractivity contribution in [2.75, 3.05) is 6.61 Å². The van der Waals surface area contributed by atoms with Crippen molar-refractivity contribution in [1.82, 2.24) is 0 Å². The molecule has 0 saturated heterocycles. The molecule has 1 aromatic rings. The third kappa shape index (κ3) is 2.46. The standard InChI is InChI=1S/C8H8BrF2NO/c9-6-1-2-7(10)5(8(6)11)3-4-13-12/h1-2H,3-4,12H2. The number of hydrogen-bond acceptors (Lipinski definition) is 2. The Balaban J connectivity index is 2.96. The SMILES string of the molecule is NOCCc1c(F)ccc(Br)c1F. The molecule has 0 bridgehead atoms. The molecule has 0 aliphatic carbocycles. The Morgan fingerprint density at radius 3 is 2.69 bits per heavy atom. The second kappa shape index (κ2) is 4.64. The van der Waals surface area contributed by atoms with Gasteiger partial charge in [-0.3, -0.25) is 0 Å². The van der Waals surface area contributed by atoms with Gasteiger partial charge in [-0.05, 0) is 28.1 Å². The Kier molecular flexibility index (Phi) is 3.77. The lowest BCUT2D eigenvalue weighted by Gasteiger charge is -2.04. The zero-order valence-corrected chi connectivity index (χ0v) is 8.27. The van der Waals surface area contributed by atoms with E-state index in [0.717, 1.165) is 0 Å². The van der Waals surface area contributed by atoms with Gasteiger partial charge in [0.2, 0.25) is 0 Å². The molecule has 0 aliphatic rings. The van der Waals surface area contributed by atoms with E-state index in [9.17, 15) is 8.78 Å². The fourth-order valence-corrected chi connectivity index (χ4v) is 1.33. The molecule has 0 saturated carbocycles. The van der Waals surface area contributed by atoms with Gasteiger partial charge in [0.05, 0.1) is 11.1 Å². The molecule has 0 heterocycles. The van der Waals surface area contributed by atoms with Crippen LogP contribution in [0.1, 0.15) is 5.56 Å². The first kappa shape index (κ1) is 10.6. The summed E-state index contributed by atoms with van der Waals surface area (Å²) in [7, 11) is 0. The number of halogens is 3. The monoisotopic (exact) mass is 251 g/mol. The van der Waals surface area contributed by atoms with Crippen molar-refractivity contribution in [3.63, 3.8) is 0 Å². The van der Waals surface area contributed by atoms with Crippen LogP contribution < -0.4 is 5.90 Å². The molecule has 0 aromatic heterocycles. The van der Waals surface area contributed by atoms with Gasteiger partial charge in [0, 0.05) is 12.0 Å². The van der Waals surface area contributed by atoms with Crippen LogP contribution >= 0.6 is 15.9 Å². The Labute approximate surface area is 82.8 Å². The lowest BCUT2D eigenvalue weighted by Crippen LogP contribution is -2.07. The molecule has 0 fully saturated rings. The summed E-state index contributed by atoms with van der Waals surface area (Å²) in [6.07, 6.45) is 0.119. The fourth-order valence-electron chi connectivity index (χ4n) is 0.959. The number of rotatable bonds is 3. The van der Waals surface area contributed by atoms with Gasteiger partial charge < -0.3 is 4.84 Å². The van der Waals surface area contributed by atoms with Gasteiger partial charge in [-0.2, -0.15) is 0 Å². The van der Waals surface area contributed by atoms with E-state index in [1.165, 1.54) is 12.1 Å². The lowest BCUT2D eigenvalue weighted by molar-refractivity contribution is 0.140. The highest BCUT2D eigenvalue weighted by atomic mass is 79.9. The summed E-state index contributed by atoms with van der Waals surface area (Å²) in [4.78, 5) is 4.25. The molecule has 1 rings (SSSR count). The normalized spacial score (nSPS) is 10.5. The van der Waals surface area contributed by atoms with E-state index in [-0.39, 0.29) is 23.1 Å². The largest absolute Gasteiger partial charge is 0.304 e. The van der Waals surface area contributed by atoms with Crippen molar-refractivity contribution >= 4 is 15.9 Å². The molecule has 72 valence electrons. The van der Waals surface area contributed by atoms with Crippen molar-refractivity contribution in [2.45, 2.75) is 6.42 Å². The molecule has 2 N–H and O–H groups in total. The summed E-state index contributed by atoms with van der Waals surface area (Å²) in [5, 5.41) is 0. The van der Waals surface area contributed by atoms with Crippen LogP contribution in [0, 0.1) is 11.6 Å². The van der Waals surface area contributed by atoms with Gasteiger partial charge in [0.15, 0.2) is 0 Å². The second-order valence-electron chi connectivity index (χ2n) is 2.44. The highest BCUT2D eigenvalue weighted by molar-refractivity contribution is 9.10. The Bertz CT molecular complexity index is 306. The van der Waals surface area contributed by atoms with Crippen LogP contribution in [0.5, 0.6) is 0 Å². The van der Waals surface area contributed by atoms with Crippen molar-refractivity contribution in [1.29, 1.82) is 0 Å². The number of nitrogens with two attached hydrogens (primary N) is 1. The van der Waals surface area contributed by atoms with Gasteiger partial charge >= 0.3 is 0 Å². The molecule has 0 spiro atoms. The molecule has 0 atom stereocenters. The quantitative estimate of drug-likeness (QED) is 0.660. The highest BCUT2D eigenvalue weighted by Crippen LogP contribution is 2.21. The lowest BCUT2D eigenvalue weighted by atomic mass is 10.1. The van der Waals surface area contributed by atoms with Crippen LogP contribution in [0.25, 0.3) is 0 Å². The molecule has 2 nitrogen and oxygen atoms in total. The molecular weight excluding hydrogens is 244 g/mol. The van der Waals surface area contributed by atoms with Gasteiger partial charge in [-0.15, -0.1) is 0 Å². The maximum atomic E-state index is 13.2. The first-order valence-electron chi connectivity index (χ1n) is 3.61. The summed E-state index contributed by atoms with van der Waals surface area (Å²) >= 11 is 2.96. The molecule has 0 radical (unpaired) electrons. The van der Waals surface area contributed by atoms with Crippen molar-refractivity contribution in [3.05, 3.63) is 33.8 Å². The third-order valence-corrected chi connectivity index (χ3v) is 2.22. The first-order chi connectivity index (χ1) is 6.16. The highest BCUT2D eigenvalue weighted by Gasteiger charge is 2.11. The molecule has 0 amide bonds. The summed E-state index contributed by atoms with van der Waals surface area (Å²) in [5.41, 5.74) is -0.0141. The van der Waals surface area contributed by atoms with E-state index >= 15 is 0 Å². The van der Waals surface area contributed by atoms with Crippen LogP contribution in [0.4, 0.5) is 8.78 Å². The van der Waals surface area contributed by atoms with E-state index in [1.807, 2.05) is 0 Å².